The maximum absolute atomic E-state index is 5.88. The maximum Gasteiger partial charge on any atom is 0.500 e. The van der Waals surface area contributed by atoms with Crippen LogP contribution < -0.4 is 0 Å². The third-order valence-corrected chi connectivity index (χ3v) is 11.1. The van der Waals surface area contributed by atoms with Gasteiger partial charge >= 0.3 is 8.80 Å². The van der Waals surface area contributed by atoms with Crippen LogP contribution in [0.2, 0.25) is 6.04 Å². The van der Waals surface area contributed by atoms with E-state index in [1.165, 1.54) is 97.1 Å². The van der Waals surface area contributed by atoms with Gasteiger partial charge in [-0.1, -0.05) is 41.5 Å². The molecule has 7 heteroatoms. The molecular weight excluding hydrogens is 478 g/mol. The first-order valence-corrected chi connectivity index (χ1v) is 17.6. The van der Waals surface area contributed by atoms with E-state index in [0.717, 1.165) is 32.1 Å². The molecule has 0 aromatic heterocycles. The largest absolute Gasteiger partial charge is 0.500 e. The summed E-state index contributed by atoms with van der Waals surface area (Å²) in [5.41, 5.74) is 0.316. The van der Waals surface area contributed by atoms with E-state index in [2.05, 4.69) is 56.2 Å². The summed E-state index contributed by atoms with van der Waals surface area (Å²) < 4.78 is 17.6. The molecule has 6 nitrogen and oxygen atoms in total. The fourth-order valence-electron chi connectivity index (χ4n) is 5.99. The van der Waals surface area contributed by atoms with Crippen LogP contribution in [0.4, 0.5) is 0 Å². The molecule has 0 heterocycles. The zero-order chi connectivity index (χ0) is 28.0. The molecule has 0 aliphatic rings. The van der Waals surface area contributed by atoms with Gasteiger partial charge in [0, 0.05) is 27.4 Å². The lowest BCUT2D eigenvalue weighted by Gasteiger charge is -2.38. The van der Waals surface area contributed by atoms with Gasteiger partial charge in [-0.25, -0.2) is 0 Å². The third kappa shape index (κ3) is 15.4. The Balaban J connectivity index is 5.73. The molecule has 0 aliphatic heterocycles. The van der Waals surface area contributed by atoms with Gasteiger partial charge in [-0.3, -0.25) is 0 Å². The van der Waals surface area contributed by atoms with Gasteiger partial charge in [0.1, 0.15) is 0 Å². The van der Waals surface area contributed by atoms with Crippen molar-refractivity contribution in [3.8, 4) is 0 Å². The average molecular weight is 546 g/mol. The van der Waals surface area contributed by atoms with E-state index >= 15 is 0 Å². The van der Waals surface area contributed by atoms with Crippen LogP contribution in [0, 0.1) is 5.41 Å². The fraction of sp³-hybridized carbons (Fsp3) is 1.00. The number of hydrogen-bond donors (Lipinski definition) is 0. The van der Waals surface area contributed by atoms with Gasteiger partial charge < -0.3 is 28.0 Å². The van der Waals surface area contributed by atoms with Crippen LogP contribution in [0.15, 0.2) is 0 Å². The lowest BCUT2D eigenvalue weighted by molar-refractivity contribution is 0.106. The molecular formula is C30H67N3O3Si. The molecule has 0 bridgehead atoms. The van der Waals surface area contributed by atoms with Crippen LogP contribution in [0.3, 0.4) is 0 Å². The SMILES string of the molecule is CCCN(CC)CCCC(CCCN(CC)CCC)(CCCN(CC)CCC)CC[Si](OC)(OC)OC. The van der Waals surface area contributed by atoms with E-state index in [0.29, 0.717) is 5.41 Å². The quantitative estimate of drug-likeness (QED) is 0.106. The first-order chi connectivity index (χ1) is 17.9. The van der Waals surface area contributed by atoms with Crippen molar-refractivity contribution in [2.75, 3.05) is 80.2 Å². The van der Waals surface area contributed by atoms with Gasteiger partial charge in [0.15, 0.2) is 0 Å². The van der Waals surface area contributed by atoms with Gasteiger partial charge in [-0.15, -0.1) is 0 Å². The number of hydrogen-bond acceptors (Lipinski definition) is 6. The van der Waals surface area contributed by atoms with Gasteiger partial charge in [-0.2, -0.15) is 0 Å². The van der Waals surface area contributed by atoms with E-state index in [1.54, 1.807) is 21.3 Å². The predicted octanol–water partition coefficient (Wildman–Crippen LogP) is 6.78. The first kappa shape index (κ1) is 37.0. The fourth-order valence-corrected chi connectivity index (χ4v) is 7.94. The molecule has 224 valence electrons. The van der Waals surface area contributed by atoms with Crippen molar-refractivity contribution in [3.63, 3.8) is 0 Å². The Morgan fingerprint density at radius 1 is 0.486 bits per heavy atom. The second kappa shape index (κ2) is 22.8. The highest BCUT2D eigenvalue weighted by Gasteiger charge is 2.41. The normalized spacial score (nSPS) is 13.0. The molecule has 0 fully saturated rings. The summed E-state index contributed by atoms with van der Waals surface area (Å²) in [7, 11) is 2.69. The molecule has 0 saturated carbocycles. The summed E-state index contributed by atoms with van der Waals surface area (Å²) in [4.78, 5) is 7.89. The molecule has 37 heavy (non-hydrogen) atoms. The standard InChI is InChI=1S/C30H67N3O3Si/c1-10-23-31(13-4)26-16-19-30(20-17-27-32(14-5)24-11-2,21-18-28-33(15-6)25-12-3)22-29-37(34-7,35-8)36-9/h10-29H2,1-9H3. The topological polar surface area (TPSA) is 37.4 Å². The van der Waals surface area contributed by atoms with Crippen LogP contribution >= 0.6 is 0 Å². The molecule has 0 rings (SSSR count). The molecule has 0 unspecified atom stereocenters. The van der Waals surface area contributed by atoms with E-state index in [-0.39, 0.29) is 0 Å². The Kier molecular flexibility index (Phi) is 22.7. The highest BCUT2D eigenvalue weighted by atomic mass is 28.4. The lowest BCUT2D eigenvalue weighted by atomic mass is 9.73. The monoisotopic (exact) mass is 545 g/mol. The minimum absolute atomic E-state index is 0.316. The van der Waals surface area contributed by atoms with Crippen molar-refractivity contribution in [1.29, 1.82) is 0 Å². The zero-order valence-electron chi connectivity index (χ0n) is 26.7. The van der Waals surface area contributed by atoms with Crippen LogP contribution in [-0.4, -0.2) is 104 Å². The second-order valence-corrected chi connectivity index (χ2v) is 14.0. The highest BCUT2D eigenvalue weighted by molar-refractivity contribution is 6.60. The van der Waals surface area contributed by atoms with Crippen LogP contribution in [0.1, 0.15) is 106 Å². The molecule has 0 amide bonds. The molecule has 0 aliphatic carbocycles. The van der Waals surface area contributed by atoms with Crippen molar-refractivity contribution in [1.82, 2.24) is 14.7 Å². The van der Waals surface area contributed by atoms with E-state index in [1.807, 2.05) is 0 Å². The van der Waals surface area contributed by atoms with E-state index in [9.17, 15) is 0 Å². The summed E-state index contributed by atoms with van der Waals surface area (Å²) >= 11 is 0. The predicted molar refractivity (Wildman–Crippen MR) is 164 cm³/mol. The minimum Gasteiger partial charge on any atom is -0.377 e. The molecule has 0 N–H and O–H groups in total. The van der Waals surface area contributed by atoms with Gasteiger partial charge in [0.2, 0.25) is 0 Å². The van der Waals surface area contributed by atoms with E-state index in [4.69, 9.17) is 13.3 Å². The summed E-state index contributed by atoms with van der Waals surface area (Å²) in [6.07, 6.45) is 12.5. The lowest BCUT2D eigenvalue weighted by Crippen LogP contribution is -2.44. The molecule has 0 atom stereocenters. The Labute approximate surface area is 234 Å². The van der Waals surface area contributed by atoms with Crippen LogP contribution in [0.5, 0.6) is 0 Å². The molecule has 0 aromatic carbocycles. The van der Waals surface area contributed by atoms with Crippen LogP contribution in [0.25, 0.3) is 0 Å². The molecule has 0 saturated heterocycles. The summed E-state index contributed by atoms with van der Waals surface area (Å²) in [5.74, 6) is 0. The number of rotatable bonds is 27. The van der Waals surface area contributed by atoms with Crippen molar-refractivity contribution in [3.05, 3.63) is 0 Å². The zero-order valence-corrected chi connectivity index (χ0v) is 27.7. The average Bonchev–Trinajstić information content (AvgIpc) is 2.92. The number of nitrogens with zero attached hydrogens (tertiary/aromatic N) is 3. The highest BCUT2D eigenvalue weighted by Crippen LogP contribution is 2.42. The van der Waals surface area contributed by atoms with Gasteiger partial charge in [-0.05, 0) is 129 Å². The maximum atomic E-state index is 5.88. The summed E-state index contributed by atoms with van der Waals surface area (Å²) in [5, 5.41) is 0. The first-order valence-electron chi connectivity index (χ1n) is 15.7. The summed E-state index contributed by atoms with van der Waals surface area (Å²) in [6, 6.07) is 0.905. The third-order valence-electron chi connectivity index (χ3n) is 8.40. The van der Waals surface area contributed by atoms with E-state index < -0.39 is 8.80 Å². The van der Waals surface area contributed by atoms with Crippen molar-refractivity contribution < 1.29 is 13.3 Å². The Morgan fingerprint density at radius 3 is 1.05 bits per heavy atom. The molecule has 0 spiro atoms. The van der Waals surface area contributed by atoms with Gasteiger partial charge in [0.05, 0.1) is 0 Å². The smallest absolute Gasteiger partial charge is 0.377 e. The van der Waals surface area contributed by atoms with Crippen molar-refractivity contribution >= 4 is 8.80 Å². The van der Waals surface area contributed by atoms with Gasteiger partial charge in [0.25, 0.3) is 0 Å². The summed E-state index contributed by atoms with van der Waals surface area (Å²) in [6.45, 7) is 24.5. The Morgan fingerprint density at radius 2 is 0.811 bits per heavy atom. The van der Waals surface area contributed by atoms with Crippen molar-refractivity contribution in [2.24, 2.45) is 5.41 Å². The second-order valence-electron chi connectivity index (χ2n) is 10.9. The molecule has 0 radical (unpaired) electrons. The molecule has 0 aromatic rings. The Hall–Kier alpha value is -0.0231. The van der Waals surface area contributed by atoms with Crippen LogP contribution in [-0.2, 0) is 13.3 Å². The Bertz CT molecular complexity index is 450. The van der Waals surface area contributed by atoms with Crippen molar-refractivity contribution in [2.45, 2.75) is 112 Å². The minimum atomic E-state index is -2.60.